The molecule has 1 amide bonds. The minimum absolute atomic E-state index is 0.0362. The van der Waals surface area contributed by atoms with Crippen LogP contribution in [-0.2, 0) is 13.0 Å². The third-order valence-electron chi connectivity index (χ3n) is 4.95. The van der Waals surface area contributed by atoms with E-state index >= 15 is 0 Å². The van der Waals surface area contributed by atoms with Crippen LogP contribution in [0.4, 0.5) is 16.5 Å². The Balaban J connectivity index is 1.74. The first-order valence-corrected chi connectivity index (χ1v) is 9.15. The third kappa shape index (κ3) is 4.40. The molecule has 0 bridgehead atoms. The van der Waals surface area contributed by atoms with Crippen molar-refractivity contribution in [1.29, 1.82) is 5.26 Å². The number of carboxylic acid groups (broad SMARTS) is 1. The normalized spacial score (nSPS) is 17.4. The van der Waals surface area contributed by atoms with E-state index in [0.29, 0.717) is 19.6 Å². The SMILES string of the molecule is Cc1cc(CN2CCN(C(=O)O)[C@@H](C)C2)c(C)c(Nc2nnc(CC#N)o2)c1. The maximum absolute atomic E-state index is 11.3. The Bertz CT molecular complexity index is 904. The van der Waals surface area contributed by atoms with Crippen molar-refractivity contribution in [3.8, 4) is 6.07 Å². The van der Waals surface area contributed by atoms with Crippen LogP contribution in [0, 0.1) is 25.2 Å². The maximum Gasteiger partial charge on any atom is 0.407 e. The van der Waals surface area contributed by atoms with E-state index in [1.54, 1.807) is 0 Å². The van der Waals surface area contributed by atoms with Crippen molar-refractivity contribution >= 4 is 17.8 Å². The fraction of sp³-hybridized carbons (Fsp3) is 0.474. The second-order valence-electron chi connectivity index (χ2n) is 7.12. The molecule has 9 heteroatoms. The zero-order valence-corrected chi connectivity index (χ0v) is 16.3. The van der Waals surface area contributed by atoms with Crippen molar-refractivity contribution in [3.05, 3.63) is 34.7 Å². The summed E-state index contributed by atoms with van der Waals surface area (Å²) >= 11 is 0. The lowest BCUT2D eigenvalue weighted by Gasteiger charge is -2.38. The molecular weight excluding hydrogens is 360 g/mol. The summed E-state index contributed by atoms with van der Waals surface area (Å²) in [4.78, 5) is 15.0. The number of rotatable bonds is 5. The van der Waals surface area contributed by atoms with Crippen molar-refractivity contribution in [2.24, 2.45) is 0 Å². The number of benzene rings is 1. The van der Waals surface area contributed by atoms with Gasteiger partial charge in [0.15, 0.2) is 0 Å². The van der Waals surface area contributed by atoms with Crippen LogP contribution in [0.5, 0.6) is 0 Å². The summed E-state index contributed by atoms with van der Waals surface area (Å²) in [6, 6.07) is 6.36. The van der Waals surface area contributed by atoms with Gasteiger partial charge in [0.1, 0.15) is 6.42 Å². The smallest absolute Gasteiger partial charge is 0.407 e. The fourth-order valence-electron chi connectivity index (χ4n) is 3.49. The quantitative estimate of drug-likeness (QED) is 0.808. The van der Waals surface area contributed by atoms with Gasteiger partial charge in [-0.1, -0.05) is 11.2 Å². The fourth-order valence-corrected chi connectivity index (χ4v) is 3.49. The Kier molecular flexibility index (Phi) is 5.80. The van der Waals surface area contributed by atoms with Crippen molar-refractivity contribution in [2.75, 3.05) is 25.0 Å². The molecule has 2 aromatic rings. The predicted octanol–water partition coefficient (Wildman–Crippen LogP) is 2.68. The van der Waals surface area contributed by atoms with E-state index in [1.807, 2.05) is 32.9 Å². The highest BCUT2D eigenvalue weighted by atomic mass is 16.4. The average Bonchev–Trinajstić information content (AvgIpc) is 3.06. The number of amides is 1. The van der Waals surface area contributed by atoms with Gasteiger partial charge in [0, 0.05) is 37.9 Å². The van der Waals surface area contributed by atoms with E-state index in [-0.39, 0.29) is 24.4 Å². The van der Waals surface area contributed by atoms with Gasteiger partial charge < -0.3 is 19.7 Å². The molecule has 0 spiro atoms. The standard InChI is InChI=1S/C19H24N6O3/c1-12-8-15(11-24-6-7-25(19(26)27)13(2)10-24)14(3)16(9-12)21-18-23-22-17(28-18)4-5-20/h8-9,13H,4,6-7,10-11H2,1-3H3,(H,21,23)(H,26,27)/t13-/m0/s1. The molecule has 2 heterocycles. The van der Waals surface area contributed by atoms with Crippen LogP contribution in [0.25, 0.3) is 0 Å². The highest BCUT2D eigenvalue weighted by Crippen LogP contribution is 2.26. The molecule has 9 nitrogen and oxygen atoms in total. The van der Waals surface area contributed by atoms with E-state index in [0.717, 1.165) is 28.9 Å². The van der Waals surface area contributed by atoms with Gasteiger partial charge in [0.25, 0.3) is 0 Å². The van der Waals surface area contributed by atoms with E-state index in [9.17, 15) is 9.90 Å². The molecular formula is C19H24N6O3. The number of nitrogens with one attached hydrogen (secondary N) is 1. The Labute approximate surface area is 163 Å². The average molecular weight is 384 g/mol. The lowest BCUT2D eigenvalue weighted by atomic mass is 10.0. The number of hydrogen-bond acceptors (Lipinski definition) is 7. The van der Waals surface area contributed by atoms with Crippen molar-refractivity contribution < 1.29 is 14.3 Å². The Morgan fingerprint density at radius 2 is 2.18 bits per heavy atom. The molecule has 0 saturated carbocycles. The monoisotopic (exact) mass is 384 g/mol. The van der Waals surface area contributed by atoms with Crippen molar-refractivity contribution in [2.45, 2.75) is 39.8 Å². The van der Waals surface area contributed by atoms with Gasteiger partial charge >= 0.3 is 12.1 Å². The van der Waals surface area contributed by atoms with Gasteiger partial charge in [-0.25, -0.2) is 4.79 Å². The topological polar surface area (TPSA) is 119 Å². The molecule has 1 fully saturated rings. The van der Waals surface area contributed by atoms with Crippen LogP contribution in [0.3, 0.4) is 0 Å². The second kappa shape index (κ2) is 8.27. The Morgan fingerprint density at radius 3 is 2.86 bits per heavy atom. The van der Waals surface area contributed by atoms with Crippen LogP contribution in [0.1, 0.15) is 29.5 Å². The summed E-state index contributed by atoms with van der Waals surface area (Å²) in [5, 5.41) is 28.9. The molecule has 1 saturated heterocycles. The predicted molar refractivity (Wildman–Crippen MR) is 102 cm³/mol. The van der Waals surface area contributed by atoms with E-state index in [2.05, 4.69) is 26.5 Å². The van der Waals surface area contributed by atoms with E-state index in [1.165, 1.54) is 4.90 Å². The Morgan fingerprint density at radius 1 is 1.39 bits per heavy atom. The Hall–Kier alpha value is -3.12. The number of carbonyl (C=O) groups is 1. The summed E-state index contributed by atoms with van der Waals surface area (Å²) in [7, 11) is 0. The summed E-state index contributed by atoms with van der Waals surface area (Å²) in [6.07, 6.45) is -0.784. The van der Waals surface area contributed by atoms with Crippen molar-refractivity contribution in [3.63, 3.8) is 0 Å². The van der Waals surface area contributed by atoms with Gasteiger partial charge in [-0.05, 0) is 43.5 Å². The molecule has 148 valence electrons. The zero-order chi connectivity index (χ0) is 20.3. The molecule has 3 rings (SSSR count). The third-order valence-corrected chi connectivity index (χ3v) is 4.95. The van der Waals surface area contributed by atoms with Crippen LogP contribution >= 0.6 is 0 Å². The van der Waals surface area contributed by atoms with Crippen LogP contribution in [-0.4, -0.2) is 56.9 Å². The highest BCUT2D eigenvalue weighted by Gasteiger charge is 2.27. The highest BCUT2D eigenvalue weighted by molar-refractivity contribution is 5.65. The lowest BCUT2D eigenvalue weighted by molar-refractivity contribution is 0.0710. The first-order chi connectivity index (χ1) is 13.4. The maximum atomic E-state index is 11.3. The van der Waals surface area contributed by atoms with Gasteiger partial charge in [-0.2, -0.15) is 5.26 Å². The molecule has 0 radical (unpaired) electrons. The molecule has 1 aromatic carbocycles. The molecule has 1 aliphatic rings. The molecule has 1 aromatic heterocycles. The number of nitrogens with zero attached hydrogens (tertiary/aromatic N) is 5. The van der Waals surface area contributed by atoms with Gasteiger partial charge in [-0.3, -0.25) is 4.90 Å². The first-order valence-electron chi connectivity index (χ1n) is 9.15. The zero-order valence-electron chi connectivity index (χ0n) is 16.3. The van der Waals surface area contributed by atoms with Crippen LogP contribution in [0.2, 0.25) is 0 Å². The summed E-state index contributed by atoms with van der Waals surface area (Å²) in [5.74, 6) is 0.279. The lowest BCUT2D eigenvalue weighted by Crippen LogP contribution is -2.53. The molecule has 2 N–H and O–H groups in total. The summed E-state index contributed by atoms with van der Waals surface area (Å²) in [5.41, 5.74) is 4.20. The number of hydrogen-bond donors (Lipinski definition) is 2. The van der Waals surface area contributed by atoms with E-state index < -0.39 is 6.09 Å². The summed E-state index contributed by atoms with van der Waals surface area (Å²) in [6.45, 7) is 8.64. The molecule has 28 heavy (non-hydrogen) atoms. The van der Waals surface area contributed by atoms with Crippen LogP contribution in [0.15, 0.2) is 16.5 Å². The summed E-state index contributed by atoms with van der Waals surface area (Å²) < 4.78 is 5.43. The minimum atomic E-state index is -0.860. The largest absolute Gasteiger partial charge is 0.465 e. The van der Waals surface area contributed by atoms with Gasteiger partial charge in [-0.15, -0.1) is 5.10 Å². The van der Waals surface area contributed by atoms with Gasteiger partial charge in [0.05, 0.1) is 6.07 Å². The first kappa shape index (κ1) is 19.6. The number of anilines is 2. The number of piperazine rings is 1. The number of aryl methyl sites for hydroxylation is 1. The molecule has 0 unspecified atom stereocenters. The molecule has 1 aliphatic heterocycles. The second-order valence-corrected chi connectivity index (χ2v) is 7.12. The van der Waals surface area contributed by atoms with Gasteiger partial charge in [0.2, 0.25) is 5.89 Å². The van der Waals surface area contributed by atoms with Crippen LogP contribution < -0.4 is 5.32 Å². The van der Waals surface area contributed by atoms with Crippen molar-refractivity contribution in [1.82, 2.24) is 20.0 Å². The number of aromatic nitrogens is 2. The molecule has 1 atom stereocenters. The van der Waals surface area contributed by atoms with E-state index in [4.69, 9.17) is 9.68 Å². The molecule has 0 aliphatic carbocycles. The minimum Gasteiger partial charge on any atom is -0.465 e. The number of nitriles is 1.